The van der Waals surface area contributed by atoms with E-state index in [1.165, 1.54) is 11.6 Å². The van der Waals surface area contributed by atoms with Crippen LogP contribution in [0.1, 0.15) is 28.8 Å². The van der Waals surface area contributed by atoms with E-state index >= 15 is 0 Å². The second kappa shape index (κ2) is 5.64. The van der Waals surface area contributed by atoms with Crippen molar-refractivity contribution in [3.05, 3.63) is 82.1 Å². The van der Waals surface area contributed by atoms with E-state index in [2.05, 4.69) is 22.4 Å². The fourth-order valence-corrected chi connectivity index (χ4v) is 3.25. The zero-order valence-corrected chi connectivity index (χ0v) is 13.2. The zero-order valence-electron chi connectivity index (χ0n) is 13.2. The predicted molar refractivity (Wildman–Crippen MR) is 94.3 cm³/mol. The van der Waals surface area contributed by atoms with Crippen LogP contribution in [0.2, 0.25) is 0 Å². The molecule has 24 heavy (non-hydrogen) atoms. The van der Waals surface area contributed by atoms with Crippen LogP contribution in [0.3, 0.4) is 0 Å². The number of rotatable bonds is 4. The van der Waals surface area contributed by atoms with Gasteiger partial charge in [0.2, 0.25) is 5.56 Å². The molecule has 0 unspecified atom stereocenters. The van der Waals surface area contributed by atoms with Crippen LogP contribution in [0.5, 0.6) is 0 Å². The lowest BCUT2D eigenvalue weighted by Gasteiger charge is -2.17. The van der Waals surface area contributed by atoms with Gasteiger partial charge in [0.1, 0.15) is 0 Å². The first kappa shape index (κ1) is 14.7. The number of para-hydroxylation sites is 1. The molecule has 1 aliphatic rings. The molecule has 1 amide bonds. The van der Waals surface area contributed by atoms with Crippen molar-refractivity contribution in [1.29, 1.82) is 0 Å². The van der Waals surface area contributed by atoms with Crippen molar-refractivity contribution in [1.82, 2.24) is 10.3 Å². The Morgan fingerprint density at radius 2 is 1.75 bits per heavy atom. The Morgan fingerprint density at radius 3 is 2.50 bits per heavy atom. The Labute approximate surface area is 139 Å². The maximum absolute atomic E-state index is 12.7. The molecule has 1 aromatic heterocycles. The van der Waals surface area contributed by atoms with Gasteiger partial charge < -0.3 is 10.3 Å². The van der Waals surface area contributed by atoms with E-state index in [1.807, 2.05) is 36.4 Å². The maximum Gasteiger partial charge on any atom is 0.252 e. The van der Waals surface area contributed by atoms with E-state index in [0.717, 1.165) is 18.2 Å². The van der Waals surface area contributed by atoms with Gasteiger partial charge in [0.25, 0.3) is 5.91 Å². The highest BCUT2D eigenvalue weighted by Gasteiger charge is 2.44. The van der Waals surface area contributed by atoms with Gasteiger partial charge in [-0.05, 0) is 24.5 Å². The van der Waals surface area contributed by atoms with Gasteiger partial charge in [0.15, 0.2) is 0 Å². The molecule has 120 valence electrons. The monoisotopic (exact) mass is 318 g/mol. The highest BCUT2D eigenvalue weighted by molar-refractivity contribution is 6.05. The molecule has 1 saturated carbocycles. The molecule has 0 bridgehead atoms. The van der Waals surface area contributed by atoms with Gasteiger partial charge in [-0.3, -0.25) is 9.59 Å². The quantitative estimate of drug-likeness (QED) is 0.777. The summed E-state index contributed by atoms with van der Waals surface area (Å²) in [4.78, 5) is 27.2. The molecule has 1 aliphatic carbocycles. The lowest BCUT2D eigenvalue weighted by molar-refractivity contribution is 0.0951. The summed E-state index contributed by atoms with van der Waals surface area (Å²) in [5, 5.41) is 3.79. The third-order valence-corrected chi connectivity index (χ3v) is 4.82. The number of hydrogen-bond acceptors (Lipinski definition) is 2. The van der Waals surface area contributed by atoms with E-state index in [0.29, 0.717) is 17.6 Å². The molecular weight excluding hydrogens is 300 g/mol. The molecule has 0 aliphatic heterocycles. The molecule has 0 atom stereocenters. The average Bonchev–Trinajstić information content (AvgIpc) is 3.41. The van der Waals surface area contributed by atoms with E-state index in [9.17, 15) is 9.59 Å². The van der Waals surface area contributed by atoms with E-state index in [-0.39, 0.29) is 16.9 Å². The number of pyridine rings is 1. The minimum absolute atomic E-state index is 0.0495. The number of carbonyl (C=O) groups is 1. The van der Waals surface area contributed by atoms with Gasteiger partial charge in [-0.25, -0.2) is 0 Å². The fourth-order valence-electron chi connectivity index (χ4n) is 3.25. The van der Waals surface area contributed by atoms with E-state index in [1.54, 1.807) is 6.07 Å². The average molecular weight is 318 g/mol. The molecule has 0 radical (unpaired) electrons. The van der Waals surface area contributed by atoms with Gasteiger partial charge >= 0.3 is 0 Å². The summed E-state index contributed by atoms with van der Waals surface area (Å²) in [6, 6.07) is 19.0. The lowest BCUT2D eigenvalue weighted by Crippen LogP contribution is -2.33. The molecule has 3 aromatic rings. The molecule has 4 nitrogen and oxygen atoms in total. The van der Waals surface area contributed by atoms with E-state index < -0.39 is 0 Å². The minimum atomic E-state index is -0.261. The SMILES string of the molecule is O=C(NCC1(c2ccccc2)CC1)c1cc(=O)[nH]c2ccccc12. The number of aromatic nitrogens is 1. The van der Waals surface area contributed by atoms with Gasteiger partial charge in [-0.2, -0.15) is 0 Å². The van der Waals surface area contributed by atoms with Crippen LogP contribution in [-0.2, 0) is 5.41 Å². The fraction of sp³-hybridized carbons (Fsp3) is 0.200. The van der Waals surface area contributed by atoms with Crippen LogP contribution in [0.25, 0.3) is 10.9 Å². The van der Waals surface area contributed by atoms with Crippen molar-refractivity contribution < 1.29 is 4.79 Å². The van der Waals surface area contributed by atoms with Crippen molar-refractivity contribution in [2.24, 2.45) is 0 Å². The summed E-state index contributed by atoms with van der Waals surface area (Å²) in [6.45, 7) is 0.594. The lowest BCUT2D eigenvalue weighted by atomic mass is 9.96. The van der Waals surface area contributed by atoms with Crippen LogP contribution in [0.4, 0.5) is 0 Å². The molecule has 4 heteroatoms. The third kappa shape index (κ3) is 2.60. The molecule has 0 spiro atoms. The molecule has 2 N–H and O–H groups in total. The van der Waals surface area contributed by atoms with Crippen molar-refractivity contribution in [3.8, 4) is 0 Å². The maximum atomic E-state index is 12.7. The molecule has 1 fully saturated rings. The van der Waals surface area contributed by atoms with Crippen molar-refractivity contribution in [2.75, 3.05) is 6.54 Å². The van der Waals surface area contributed by atoms with E-state index in [4.69, 9.17) is 0 Å². The van der Waals surface area contributed by atoms with Crippen molar-refractivity contribution >= 4 is 16.8 Å². The second-order valence-electron chi connectivity index (χ2n) is 6.42. The molecule has 0 saturated heterocycles. The number of aromatic amines is 1. The molecule has 1 heterocycles. The minimum Gasteiger partial charge on any atom is -0.351 e. The normalized spacial score (nSPS) is 15.2. The standard InChI is InChI=1S/C20H18N2O2/c23-18-12-16(15-8-4-5-9-17(15)22-18)19(24)21-13-20(10-11-20)14-6-2-1-3-7-14/h1-9,12H,10-11,13H2,(H,21,24)(H,22,23). The number of carbonyl (C=O) groups excluding carboxylic acids is 1. The smallest absolute Gasteiger partial charge is 0.252 e. The number of nitrogens with one attached hydrogen (secondary N) is 2. The molecule has 4 rings (SSSR count). The van der Waals surface area contributed by atoms with Crippen LogP contribution < -0.4 is 10.9 Å². The zero-order chi connectivity index (χ0) is 16.6. The number of amides is 1. The Hall–Kier alpha value is -2.88. The van der Waals surface area contributed by atoms with Crippen LogP contribution in [0, 0.1) is 0 Å². The Morgan fingerprint density at radius 1 is 1.04 bits per heavy atom. The summed E-state index contributed by atoms with van der Waals surface area (Å²) in [6.07, 6.45) is 2.15. The Kier molecular flexibility index (Phi) is 3.45. The number of hydrogen-bond donors (Lipinski definition) is 2. The summed E-state index contributed by atoms with van der Waals surface area (Å²) in [5.41, 5.74) is 2.16. The summed E-state index contributed by atoms with van der Waals surface area (Å²) >= 11 is 0. The first-order valence-corrected chi connectivity index (χ1v) is 8.14. The van der Waals surface area contributed by atoms with Crippen LogP contribution >= 0.6 is 0 Å². The third-order valence-electron chi connectivity index (χ3n) is 4.82. The second-order valence-corrected chi connectivity index (χ2v) is 6.42. The highest BCUT2D eigenvalue weighted by Crippen LogP contribution is 2.47. The van der Waals surface area contributed by atoms with Crippen LogP contribution in [-0.4, -0.2) is 17.4 Å². The highest BCUT2D eigenvalue weighted by atomic mass is 16.2. The Bertz CT molecular complexity index is 956. The van der Waals surface area contributed by atoms with Crippen LogP contribution in [0.15, 0.2) is 65.5 Å². The van der Waals surface area contributed by atoms with Gasteiger partial charge in [0, 0.05) is 28.9 Å². The number of H-pyrrole nitrogens is 1. The van der Waals surface area contributed by atoms with Gasteiger partial charge in [-0.1, -0.05) is 48.5 Å². The first-order valence-electron chi connectivity index (χ1n) is 8.14. The van der Waals surface area contributed by atoms with Crippen molar-refractivity contribution in [2.45, 2.75) is 18.3 Å². The molecule has 2 aromatic carbocycles. The van der Waals surface area contributed by atoms with Gasteiger partial charge in [0.05, 0.1) is 5.56 Å². The first-order chi connectivity index (χ1) is 11.7. The largest absolute Gasteiger partial charge is 0.351 e. The summed E-state index contributed by atoms with van der Waals surface area (Å²) in [7, 11) is 0. The Balaban J connectivity index is 1.59. The predicted octanol–water partition coefficient (Wildman–Crippen LogP) is 2.99. The topological polar surface area (TPSA) is 62.0 Å². The number of fused-ring (bicyclic) bond motifs is 1. The van der Waals surface area contributed by atoms with Gasteiger partial charge in [-0.15, -0.1) is 0 Å². The summed E-state index contributed by atoms with van der Waals surface area (Å²) < 4.78 is 0. The summed E-state index contributed by atoms with van der Waals surface area (Å²) in [5.74, 6) is -0.195. The van der Waals surface area contributed by atoms with Crippen molar-refractivity contribution in [3.63, 3.8) is 0 Å². The number of benzene rings is 2. The molecular formula is C20H18N2O2.